The van der Waals surface area contributed by atoms with Crippen LogP contribution < -0.4 is 5.32 Å². The lowest BCUT2D eigenvalue weighted by molar-refractivity contribution is -0.113. The molecule has 0 atom stereocenters. The van der Waals surface area contributed by atoms with Crippen molar-refractivity contribution in [2.24, 2.45) is 9.98 Å². The molecule has 0 saturated heterocycles. The summed E-state index contributed by atoms with van der Waals surface area (Å²) >= 11 is 0. The predicted octanol–water partition coefficient (Wildman–Crippen LogP) is 2.15. The van der Waals surface area contributed by atoms with Crippen LogP contribution in [0.4, 0.5) is 5.82 Å². The Morgan fingerprint density at radius 1 is 1.14 bits per heavy atom. The normalized spacial score (nSPS) is 14.1. The van der Waals surface area contributed by atoms with Crippen molar-refractivity contribution in [3.05, 3.63) is 60.1 Å². The Labute approximate surface area is 159 Å². The fourth-order valence-corrected chi connectivity index (χ4v) is 2.64. The molecule has 1 N–H and O–H groups in total. The van der Waals surface area contributed by atoms with Crippen LogP contribution >= 0.6 is 0 Å². The van der Waals surface area contributed by atoms with Crippen LogP contribution in [0.15, 0.2) is 58.7 Å². The van der Waals surface area contributed by atoms with Crippen molar-refractivity contribution < 1.29 is 9.59 Å². The number of fused-ring (bicyclic) bond motifs is 1. The number of nitrogens with one attached hydrogen (secondary N) is 1. The van der Waals surface area contributed by atoms with E-state index < -0.39 is 11.8 Å². The number of aliphatic imine (C=N–C) groups is 2. The molecule has 28 heavy (non-hydrogen) atoms. The Kier molecular flexibility index (Phi) is 4.11. The number of aryl methyl sites for hydroxylation is 1. The third kappa shape index (κ3) is 3.09. The Morgan fingerprint density at radius 3 is 2.64 bits per heavy atom. The second kappa shape index (κ2) is 6.62. The Hall–Kier alpha value is -4.01. The van der Waals surface area contributed by atoms with Crippen molar-refractivity contribution in [2.75, 3.05) is 5.32 Å². The van der Waals surface area contributed by atoms with Crippen molar-refractivity contribution in [1.29, 1.82) is 0 Å². The van der Waals surface area contributed by atoms with Gasteiger partial charge in [0.2, 0.25) is 0 Å². The fraction of sp³-hybridized carbons (Fsp3) is 0.105. The zero-order valence-electron chi connectivity index (χ0n) is 15.2. The highest BCUT2D eigenvalue weighted by molar-refractivity contribution is 6.28. The van der Waals surface area contributed by atoms with Gasteiger partial charge >= 0.3 is 0 Å². The molecule has 1 aromatic carbocycles. The van der Waals surface area contributed by atoms with Crippen LogP contribution in [-0.4, -0.2) is 43.2 Å². The minimum absolute atomic E-state index is 0.0582. The van der Waals surface area contributed by atoms with E-state index >= 15 is 0 Å². The first-order chi connectivity index (χ1) is 13.4. The molecule has 0 aliphatic carbocycles. The van der Waals surface area contributed by atoms with Crippen molar-refractivity contribution in [1.82, 2.24) is 19.7 Å². The van der Waals surface area contributed by atoms with Gasteiger partial charge in [0.15, 0.2) is 0 Å². The molecule has 1 aliphatic heterocycles. The molecule has 0 spiro atoms. The van der Waals surface area contributed by atoms with Crippen molar-refractivity contribution in [3.63, 3.8) is 0 Å². The van der Waals surface area contributed by atoms with E-state index in [0.717, 1.165) is 0 Å². The van der Waals surface area contributed by atoms with Gasteiger partial charge in [0, 0.05) is 6.07 Å². The summed E-state index contributed by atoms with van der Waals surface area (Å²) in [6.45, 7) is 7.06. The van der Waals surface area contributed by atoms with Crippen LogP contribution in [0.3, 0.4) is 0 Å². The SMILES string of the molecule is C=C1C(=O)N=C(n2nc(C)cc2NC(=O)c2cnc3ccccc3n2)N=C1C. The number of para-hydroxylation sites is 2. The number of rotatable bonds is 2. The highest BCUT2D eigenvalue weighted by atomic mass is 16.2. The lowest BCUT2D eigenvalue weighted by atomic mass is 10.2. The van der Waals surface area contributed by atoms with Gasteiger partial charge in [-0.3, -0.25) is 14.6 Å². The van der Waals surface area contributed by atoms with Crippen LogP contribution in [0.25, 0.3) is 11.0 Å². The first kappa shape index (κ1) is 17.4. The topological polar surface area (TPSA) is 114 Å². The number of hydrogen-bond acceptors (Lipinski definition) is 6. The predicted molar refractivity (Wildman–Crippen MR) is 105 cm³/mol. The van der Waals surface area contributed by atoms with E-state index in [4.69, 9.17) is 0 Å². The number of aromatic nitrogens is 4. The molecular weight excluding hydrogens is 358 g/mol. The quantitative estimate of drug-likeness (QED) is 0.691. The summed E-state index contributed by atoms with van der Waals surface area (Å²) < 4.78 is 1.30. The minimum atomic E-state index is -0.492. The molecule has 2 aromatic heterocycles. The Balaban J connectivity index is 1.67. The third-order valence-corrected chi connectivity index (χ3v) is 4.11. The first-order valence-electron chi connectivity index (χ1n) is 8.40. The number of carbonyl (C=O) groups is 2. The van der Waals surface area contributed by atoms with Gasteiger partial charge in [-0.15, -0.1) is 0 Å². The minimum Gasteiger partial charge on any atom is -0.305 e. The van der Waals surface area contributed by atoms with E-state index in [1.165, 1.54) is 10.9 Å². The molecule has 1 aliphatic rings. The van der Waals surface area contributed by atoms with Gasteiger partial charge in [-0.2, -0.15) is 14.8 Å². The molecule has 9 nitrogen and oxygen atoms in total. The summed E-state index contributed by atoms with van der Waals surface area (Å²) in [4.78, 5) is 41.3. The Bertz CT molecular complexity index is 1220. The summed E-state index contributed by atoms with van der Waals surface area (Å²) in [5, 5.41) is 7.00. The van der Waals surface area contributed by atoms with E-state index in [0.29, 0.717) is 28.3 Å². The van der Waals surface area contributed by atoms with Crippen LogP contribution in [0, 0.1) is 6.92 Å². The summed E-state index contributed by atoms with van der Waals surface area (Å²) in [5.74, 6) is -0.587. The lowest BCUT2D eigenvalue weighted by Gasteiger charge is -2.12. The van der Waals surface area contributed by atoms with Crippen molar-refractivity contribution in [3.8, 4) is 0 Å². The van der Waals surface area contributed by atoms with E-state index in [1.54, 1.807) is 26.0 Å². The second-order valence-corrected chi connectivity index (χ2v) is 6.17. The van der Waals surface area contributed by atoms with E-state index in [1.807, 2.05) is 18.2 Å². The lowest BCUT2D eigenvalue weighted by Crippen LogP contribution is -2.25. The van der Waals surface area contributed by atoms with Gasteiger partial charge in [0.25, 0.3) is 17.8 Å². The highest BCUT2D eigenvalue weighted by Gasteiger charge is 2.22. The summed E-state index contributed by atoms with van der Waals surface area (Å²) in [7, 11) is 0. The maximum atomic E-state index is 12.7. The molecule has 0 unspecified atom stereocenters. The number of nitrogens with zero attached hydrogens (tertiary/aromatic N) is 6. The fourth-order valence-electron chi connectivity index (χ4n) is 2.64. The van der Waals surface area contributed by atoms with Crippen LogP contribution in [0.2, 0.25) is 0 Å². The molecular formula is C19H15N7O2. The first-order valence-corrected chi connectivity index (χ1v) is 8.40. The molecule has 138 valence electrons. The molecule has 4 rings (SSSR count). The monoisotopic (exact) mass is 373 g/mol. The largest absolute Gasteiger partial charge is 0.305 e. The van der Waals surface area contributed by atoms with Gasteiger partial charge < -0.3 is 5.32 Å². The van der Waals surface area contributed by atoms with E-state index in [2.05, 4.69) is 36.9 Å². The third-order valence-electron chi connectivity index (χ3n) is 4.11. The number of anilines is 1. The molecule has 0 radical (unpaired) electrons. The smallest absolute Gasteiger partial charge is 0.281 e. The van der Waals surface area contributed by atoms with Gasteiger partial charge in [0.05, 0.1) is 34.2 Å². The van der Waals surface area contributed by atoms with Gasteiger partial charge in [-0.1, -0.05) is 18.7 Å². The van der Waals surface area contributed by atoms with Crippen molar-refractivity contribution >= 4 is 40.3 Å². The number of hydrogen-bond donors (Lipinski definition) is 1. The number of carbonyl (C=O) groups excluding carboxylic acids is 2. The van der Waals surface area contributed by atoms with Gasteiger partial charge in [0.1, 0.15) is 11.5 Å². The zero-order valence-corrected chi connectivity index (χ0v) is 15.2. The molecule has 0 bridgehead atoms. The summed E-state index contributed by atoms with van der Waals surface area (Å²) in [6.07, 6.45) is 1.40. The second-order valence-electron chi connectivity index (χ2n) is 6.17. The molecule has 3 aromatic rings. The van der Waals surface area contributed by atoms with E-state index in [-0.39, 0.29) is 17.2 Å². The standard InChI is InChI=1S/C19H15N7O2/c1-10-8-16(26(25-10)19-21-12(3)11(2)17(27)24-19)23-18(28)15-9-20-13-6-4-5-7-14(13)22-15/h4-9H,2H2,1,3H3,(H,23,28). The zero-order chi connectivity index (χ0) is 19.8. The molecule has 9 heteroatoms. The molecule has 2 amide bonds. The molecule has 0 fully saturated rings. The van der Waals surface area contributed by atoms with Gasteiger partial charge in [-0.25, -0.2) is 9.98 Å². The van der Waals surface area contributed by atoms with Gasteiger partial charge in [-0.05, 0) is 26.0 Å². The average molecular weight is 373 g/mol. The summed E-state index contributed by atoms with van der Waals surface area (Å²) in [5.41, 5.74) is 2.75. The number of benzene rings is 1. The van der Waals surface area contributed by atoms with Crippen LogP contribution in [0.5, 0.6) is 0 Å². The maximum Gasteiger partial charge on any atom is 0.281 e. The Morgan fingerprint density at radius 2 is 1.89 bits per heavy atom. The highest BCUT2D eigenvalue weighted by Crippen LogP contribution is 2.16. The van der Waals surface area contributed by atoms with Crippen molar-refractivity contribution in [2.45, 2.75) is 13.8 Å². The number of amides is 2. The van der Waals surface area contributed by atoms with Crippen LogP contribution in [-0.2, 0) is 4.79 Å². The average Bonchev–Trinajstić information content (AvgIpc) is 3.05. The summed E-state index contributed by atoms with van der Waals surface area (Å²) in [6, 6.07) is 8.91. The molecule has 3 heterocycles. The van der Waals surface area contributed by atoms with E-state index in [9.17, 15) is 9.59 Å². The maximum absolute atomic E-state index is 12.7. The molecule has 0 saturated carbocycles. The van der Waals surface area contributed by atoms with Crippen LogP contribution in [0.1, 0.15) is 23.1 Å².